The molecule has 0 heterocycles. The fraction of sp³-hybridized carbons (Fsp3) is 0.579. The minimum Gasteiger partial charge on any atom is -0.494 e. The van der Waals surface area contributed by atoms with E-state index in [0.29, 0.717) is 23.5 Å². The van der Waals surface area contributed by atoms with Crippen LogP contribution in [-0.2, 0) is 9.59 Å². The highest BCUT2D eigenvalue weighted by molar-refractivity contribution is 5.97. The van der Waals surface area contributed by atoms with Gasteiger partial charge in [-0.05, 0) is 68.4 Å². The van der Waals surface area contributed by atoms with Crippen LogP contribution in [0.5, 0.6) is 5.75 Å². The second kappa shape index (κ2) is 5.80. The molecule has 5 heteroatoms. The third kappa shape index (κ3) is 2.56. The van der Waals surface area contributed by atoms with E-state index in [1.54, 1.807) is 25.3 Å². The van der Waals surface area contributed by atoms with Crippen molar-refractivity contribution in [3.63, 3.8) is 0 Å². The van der Waals surface area contributed by atoms with Crippen LogP contribution in [0.4, 0.5) is 11.4 Å². The van der Waals surface area contributed by atoms with Crippen LogP contribution >= 0.6 is 0 Å². The Hall–Kier alpha value is -2.04. The zero-order valence-corrected chi connectivity index (χ0v) is 14.0. The van der Waals surface area contributed by atoms with E-state index < -0.39 is 0 Å². The van der Waals surface area contributed by atoms with E-state index in [1.807, 2.05) is 0 Å². The predicted octanol–water partition coefficient (Wildman–Crippen LogP) is 3.42. The molecule has 0 saturated heterocycles. The number of nitrogens with one attached hydrogen (secondary N) is 2. The molecule has 0 aromatic heterocycles. The van der Waals surface area contributed by atoms with Gasteiger partial charge in [0, 0.05) is 11.8 Å². The lowest BCUT2D eigenvalue weighted by Crippen LogP contribution is -2.51. The van der Waals surface area contributed by atoms with Gasteiger partial charge in [-0.15, -0.1) is 0 Å². The van der Waals surface area contributed by atoms with Crippen molar-refractivity contribution < 1.29 is 14.3 Å². The monoisotopic (exact) mass is 328 g/mol. The van der Waals surface area contributed by atoms with Crippen LogP contribution in [0.3, 0.4) is 0 Å². The second-order valence-corrected chi connectivity index (χ2v) is 7.83. The van der Waals surface area contributed by atoms with E-state index in [1.165, 1.54) is 19.3 Å². The number of methoxy groups -OCH3 is 1. The molecule has 0 aliphatic heterocycles. The standard InChI is InChI=1S/C19H24N2O3/c1-24-17-7-15(20-11-22)2-3-16(17)21-18(23)19-8-12-4-13(9-19)6-14(5-12)10-19/h2-3,7,11-14H,4-6,8-10H2,1H3,(H,20,22)(H,21,23). The quantitative estimate of drug-likeness (QED) is 0.814. The lowest BCUT2D eigenvalue weighted by molar-refractivity contribution is -0.140. The zero-order chi connectivity index (χ0) is 16.7. The molecule has 128 valence electrons. The van der Waals surface area contributed by atoms with Gasteiger partial charge in [0.1, 0.15) is 5.75 Å². The molecular weight excluding hydrogens is 304 g/mol. The van der Waals surface area contributed by atoms with Crippen LogP contribution in [0, 0.1) is 23.2 Å². The molecule has 0 radical (unpaired) electrons. The summed E-state index contributed by atoms with van der Waals surface area (Å²) in [5, 5.41) is 5.71. The Balaban J connectivity index is 1.55. The Morgan fingerprint density at radius 3 is 2.33 bits per heavy atom. The topological polar surface area (TPSA) is 67.4 Å². The van der Waals surface area contributed by atoms with Gasteiger partial charge >= 0.3 is 0 Å². The third-order valence-electron chi connectivity index (χ3n) is 6.20. The smallest absolute Gasteiger partial charge is 0.230 e. The minimum absolute atomic E-state index is 0.149. The number of anilines is 2. The number of ether oxygens (including phenoxy) is 1. The molecule has 2 amide bonds. The number of hydrogen-bond acceptors (Lipinski definition) is 3. The first kappa shape index (κ1) is 15.5. The van der Waals surface area contributed by atoms with Crippen LogP contribution < -0.4 is 15.4 Å². The van der Waals surface area contributed by atoms with Crippen molar-refractivity contribution in [3.05, 3.63) is 18.2 Å². The summed E-state index contributed by atoms with van der Waals surface area (Å²) < 4.78 is 5.38. The Morgan fingerprint density at radius 2 is 1.79 bits per heavy atom. The summed E-state index contributed by atoms with van der Waals surface area (Å²) >= 11 is 0. The molecule has 1 aromatic carbocycles. The largest absolute Gasteiger partial charge is 0.494 e. The van der Waals surface area contributed by atoms with E-state index in [0.717, 1.165) is 37.0 Å². The average molecular weight is 328 g/mol. The van der Waals surface area contributed by atoms with Crippen molar-refractivity contribution in [2.24, 2.45) is 23.2 Å². The maximum absolute atomic E-state index is 13.1. The van der Waals surface area contributed by atoms with Crippen molar-refractivity contribution in [3.8, 4) is 5.75 Å². The summed E-state index contributed by atoms with van der Waals surface area (Å²) in [4.78, 5) is 23.7. The fourth-order valence-electron chi connectivity index (χ4n) is 5.60. The first-order valence-electron chi connectivity index (χ1n) is 8.81. The lowest BCUT2D eigenvalue weighted by atomic mass is 9.49. The maximum atomic E-state index is 13.1. The van der Waals surface area contributed by atoms with E-state index in [9.17, 15) is 9.59 Å². The van der Waals surface area contributed by atoms with E-state index in [-0.39, 0.29) is 11.3 Å². The predicted molar refractivity (Wildman–Crippen MR) is 91.9 cm³/mol. The highest BCUT2D eigenvalue weighted by atomic mass is 16.5. The maximum Gasteiger partial charge on any atom is 0.230 e. The number of amides is 2. The highest BCUT2D eigenvalue weighted by Gasteiger charge is 2.54. The van der Waals surface area contributed by atoms with E-state index >= 15 is 0 Å². The summed E-state index contributed by atoms with van der Waals surface area (Å²) in [5.74, 6) is 2.94. The number of carbonyl (C=O) groups is 2. The summed E-state index contributed by atoms with van der Waals surface area (Å²) in [6.07, 6.45) is 7.71. The van der Waals surface area contributed by atoms with Crippen LogP contribution in [0.1, 0.15) is 38.5 Å². The minimum atomic E-state index is -0.181. The molecule has 5 rings (SSSR count). The van der Waals surface area contributed by atoms with Crippen molar-refractivity contribution in [2.75, 3.05) is 17.7 Å². The van der Waals surface area contributed by atoms with Crippen molar-refractivity contribution >= 4 is 23.7 Å². The van der Waals surface area contributed by atoms with Gasteiger partial charge in [-0.3, -0.25) is 9.59 Å². The van der Waals surface area contributed by atoms with E-state index in [2.05, 4.69) is 10.6 Å². The first-order valence-corrected chi connectivity index (χ1v) is 8.81. The first-order chi connectivity index (χ1) is 11.6. The van der Waals surface area contributed by atoms with Gasteiger partial charge in [0.25, 0.3) is 0 Å². The van der Waals surface area contributed by atoms with Gasteiger partial charge in [0.15, 0.2) is 0 Å². The van der Waals surface area contributed by atoms with Crippen LogP contribution in [0.15, 0.2) is 18.2 Å². The van der Waals surface area contributed by atoms with Crippen LogP contribution in [0.2, 0.25) is 0 Å². The molecule has 4 aliphatic rings. The van der Waals surface area contributed by atoms with Gasteiger partial charge in [0.2, 0.25) is 12.3 Å². The molecule has 0 unspecified atom stereocenters. The van der Waals surface area contributed by atoms with E-state index in [4.69, 9.17) is 4.74 Å². The van der Waals surface area contributed by atoms with Crippen LogP contribution in [0.25, 0.3) is 0 Å². The van der Waals surface area contributed by atoms with Gasteiger partial charge in [-0.25, -0.2) is 0 Å². The fourth-order valence-corrected chi connectivity index (χ4v) is 5.60. The van der Waals surface area contributed by atoms with Crippen molar-refractivity contribution in [1.29, 1.82) is 0 Å². The Morgan fingerprint density at radius 1 is 1.17 bits per heavy atom. The second-order valence-electron chi connectivity index (χ2n) is 7.83. The Kier molecular flexibility index (Phi) is 3.74. The molecule has 24 heavy (non-hydrogen) atoms. The van der Waals surface area contributed by atoms with Gasteiger partial charge < -0.3 is 15.4 Å². The van der Waals surface area contributed by atoms with Crippen LogP contribution in [-0.4, -0.2) is 19.4 Å². The van der Waals surface area contributed by atoms with Crippen molar-refractivity contribution in [2.45, 2.75) is 38.5 Å². The zero-order valence-electron chi connectivity index (χ0n) is 14.0. The molecule has 4 bridgehead atoms. The highest BCUT2D eigenvalue weighted by Crippen LogP contribution is 2.60. The van der Waals surface area contributed by atoms with Gasteiger partial charge in [-0.2, -0.15) is 0 Å². The van der Waals surface area contributed by atoms with Crippen molar-refractivity contribution in [1.82, 2.24) is 0 Å². The summed E-state index contributed by atoms with van der Waals surface area (Å²) in [6.45, 7) is 0. The van der Waals surface area contributed by atoms with Gasteiger partial charge in [-0.1, -0.05) is 0 Å². The summed E-state index contributed by atoms with van der Waals surface area (Å²) in [6, 6.07) is 5.29. The molecule has 0 atom stereocenters. The van der Waals surface area contributed by atoms with Gasteiger partial charge in [0.05, 0.1) is 18.2 Å². The number of benzene rings is 1. The molecule has 4 saturated carbocycles. The number of hydrogen-bond donors (Lipinski definition) is 2. The average Bonchev–Trinajstić information content (AvgIpc) is 2.55. The molecule has 4 fully saturated rings. The SMILES string of the molecule is COc1cc(NC=O)ccc1NC(=O)C12CC3CC(CC(C3)C1)C2. The number of carbonyl (C=O) groups excluding carboxylic acids is 2. The molecule has 0 spiro atoms. The number of rotatable bonds is 5. The lowest BCUT2D eigenvalue weighted by Gasteiger charge is -2.55. The Bertz CT molecular complexity index is 635. The molecule has 4 aliphatic carbocycles. The Labute approximate surface area is 142 Å². The third-order valence-corrected chi connectivity index (χ3v) is 6.20. The summed E-state index contributed by atoms with van der Waals surface area (Å²) in [5.41, 5.74) is 1.14. The molecular formula is C19H24N2O3. The molecule has 2 N–H and O–H groups in total. The normalized spacial score (nSPS) is 33.1. The molecule has 1 aromatic rings. The molecule has 5 nitrogen and oxygen atoms in total. The summed E-state index contributed by atoms with van der Waals surface area (Å²) in [7, 11) is 1.57.